The van der Waals surface area contributed by atoms with Gasteiger partial charge >= 0.3 is 0 Å². The summed E-state index contributed by atoms with van der Waals surface area (Å²) in [7, 11) is -3.84. The Morgan fingerprint density at radius 3 is 2.48 bits per heavy atom. The Kier molecular flexibility index (Phi) is 5.23. The van der Waals surface area contributed by atoms with Crippen LogP contribution in [0.3, 0.4) is 0 Å². The first kappa shape index (κ1) is 22.6. The van der Waals surface area contributed by atoms with Crippen LogP contribution in [0.5, 0.6) is 0 Å². The van der Waals surface area contributed by atoms with E-state index in [1.165, 1.54) is 6.20 Å². The number of nitrogens with one attached hydrogen (secondary N) is 1. The molecule has 1 aliphatic heterocycles. The van der Waals surface area contributed by atoms with E-state index in [4.69, 9.17) is 0 Å². The first-order valence-electron chi connectivity index (χ1n) is 10.6. The Morgan fingerprint density at radius 2 is 1.88 bits per heavy atom. The smallest absolute Gasteiger partial charge is 0.291 e. The van der Waals surface area contributed by atoms with Gasteiger partial charge in [0.1, 0.15) is 4.90 Å². The third-order valence-electron chi connectivity index (χ3n) is 6.29. The molecule has 33 heavy (non-hydrogen) atoms. The fraction of sp³-hybridized carbons (Fsp3) is 0.550. The number of aromatic nitrogens is 4. The van der Waals surface area contributed by atoms with Crippen LogP contribution in [-0.4, -0.2) is 57.3 Å². The van der Waals surface area contributed by atoms with E-state index >= 15 is 0 Å². The molecule has 9 nitrogen and oxygen atoms in total. The first-order chi connectivity index (χ1) is 15.5. The molecule has 0 bridgehead atoms. The number of pyridine rings is 1. The highest BCUT2D eigenvalue weighted by Crippen LogP contribution is 2.38. The van der Waals surface area contributed by atoms with Gasteiger partial charge in [-0.3, -0.25) is 4.40 Å². The molecule has 178 valence electrons. The lowest BCUT2D eigenvalue weighted by Crippen LogP contribution is -2.42. The minimum absolute atomic E-state index is 0.0494. The first-order valence-corrected chi connectivity index (χ1v) is 12.9. The van der Waals surface area contributed by atoms with E-state index in [0.717, 1.165) is 24.2 Å². The number of fused-ring (bicyclic) bond motifs is 1. The van der Waals surface area contributed by atoms with Gasteiger partial charge in [0.25, 0.3) is 6.43 Å². The quantitative estimate of drug-likeness (QED) is 0.537. The Morgan fingerprint density at radius 1 is 1.18 bits per heavy atom. The number of rotatable bonds is 6. The van der Waals surface area contributed by atoms with Crippen molar-refractivity contribution >= 4 is 32.6 Å². The van der Waals surface area contributed by atoms with E-state index in [2.05, 4.69) is 19.9 Å². The summed E-state index contributed by atoms with van der Waals surface area (Å²) in [6.07, 6.45) is 2.85. The van der Waals surface area contributed by atoms with Crippen molar-refractivity contribution in [3.8, 4) is 10.8 Å². The van der Waals surface area contributed by atoms with Crippen molar-refractivity contribution in [2.45, 2.75) is 62.0 Å². The van der Waals surface area contributed by atoms with Gasteiger partial charge in [0.05, 0.1) is 23.0 Å². The molecule has 0 radical (unpaired) electrons. The number of alkyl halides is 2. The maximum absolute atomic E-state index is 13.2. The van der Waals surface area contributed by atoms with Gasteiger partial charge in [-0.25, -0.2) is 26.9 Å². The highest BCUT2D eigenvalue weighted by atomic mass is 32.2. The minimum atomic E-state index is -3.84. The van der Waals surface area contributed by atoms with Crippen LogP contribution in [0.4, 0.5) is 14.5 Å². The van der Waals surface area contributed by atoms with Crippen LogP contribution in [-0.2, 0) is 10.0 Å². The van der Waals surface area contributed by atoms with Gasteiger partial charge in [-0.15, -0.1) is 10.2 Å². The summed E-state index contributed by atoms with van der Waals surface area (Å²) in [6, 6.07) is 1.61. The van der Waals surface area contributed by atoms with Crippen LogP contribution >= 0.6 is 11.3 Å². The van der Waals surface area contributed by atoms with Crippen LogP contribution in [0.15, 0.2) is 23.4 Å². The lowest BCUT2D eigenvalue weighted by Gasteiger charge is -2.37. The van der Waals surface area contributed by atoms with E-state index in [0.29, 0.717) is 37.1 Å². The molecule has 1 saturated heterocycles. The molecule has 4 heterocycles. The Labute approximate surface area is 193 Å². The molecule has 0 amide bonds. The average Bonchev–Trinajstić information content (AvgIpc) is 3.14. The number of anilines is 1. The molecule has 3 aromatic heterocycles. The van der Waals surface area contributed by atoms with Crippen LogP contribution < -0.4 is 9.62 Å². The molecule has 0 atom stereocenters. The van der Waals surface area contributed by atoms with Crippen molar-refractivity contribution in [1.82, 2.24) is 24.3 Å². The number of piperidine rings is 1. The van der Waals surface area contributed by atoms with E-state index < -0.39 is 32.6 Å². The number of hydrogen-bond acceptors (Lipinski definition) is 8. The van der Waals surface area contributed by atoms with Gasteiger partial charge < -0.3 is 10.0 Å². The predicted molar refractivity (Wildman–Crippen MR) is 119 cm³/mol. The summed E-state index contributed by atoms with van der Waals surface area (Å²) in [5.41, 5.74) is 0.0343. The summed E-state index contributed by atoms with van der Waals surface area (Å²) in [4.78, 5) is 6.43. The topological polar surface area (TPSA) is 113 Å². The fourth-order valence-corrected chi connectivity index (χ4v) is 6.10. The van der Waals surface area contributed by atoms with E-state index in [-0.39, 0.29) is 15.7 Å². The third kappa shape index (κ3) is 4.34. The van der Waals surface area contributed by atoms with Crippen LogP contribution in [0, 0.1) is 0 Å². The summed E-state index contributed by atoms with van der Waals surface area (Å²) in [6.45, 7) is 4.71. The second kappa shape index (κ2) is 7.65. The molecule has 0 aromatic carbocycles. The van der Waals surface area contributed by atoms with Crippen LogP contribution in [0.1, 0.15) is 51.0 Å². The molecular weight excluding hydrogens is 474 g/mol. The van der Waals surface area contributed by atoms with Crippen LogP contribution in [0.25, 0.3) is 16.3 Å². The maximum Gasteiger partial charge on any atom is 0.291 e. The number of imidazole rings is 1. The van der Waals surface area contributed by atoms with Crippen molar-refractivity contribution in [1.29, 1.82) is 0 Å². The van der Waals surface area contributed by atoms with Gasteiger partial charge in [0.2, 0.25) is 10.0 Å². The Hall–Kier alpha value is -2.22. The van der Waals surface area contributed by atoms with E-state index in [1.807, 2.05) is 11.8 Å². The molecule has 1 aliphatic carbocycles. The minimum Gasteiger partial charge on any atom is -0.390 e. The fourth-order valence-electron chi connectivity index (χ4n) is 3.93. The van der Waals surface area contributed by atoms with E-state index in [9.17, 15) is 22.3 Å². The second-order valence-electron chi connectivity index (χ2n) is 9.29. The SMILES string of the molecule is CC1(O)CCN(c2cc(S(=O)(=O)NC3(C)CC3)cn3c(-c4nnc(C(F)F)s4)ncc23)CC1. The molecular formula is C20H24F2N6O3S2. The zero-order valence-electron chi connectivity index (χ0n) is 18.1. The lowest BCUT2D eigenvalue weighted by atomic mass is 9.93. The number of hydrogen-bond donors (Lipinski definition) is 2. The normalized spacial score (nSPS) is 20.0. The standard InChI is InChI=1S/C20H24F2N6O3S2/c1-19(3-4-19)26-33(30,31)12-9-13(27-7-5-20(2,29)6-8-27)14-10-23-16(28(14)11-12)18-25-24-17(32-18)15(21)22/h9-11,15,26,29H,3-8H2,1-2H3. The molecule has 0 unspecified atom stereocenters. The molecule has 5 rings (SSSR count). The average molecular weight is 499 g/mol. The molecule has 1 saturated carbocycles. The Balaban J connectivity index is 1.64. The zero-order valence-corrected chi connectivity index (χ0v) is 19.8. The van der Waals surface area contributed by atoms with Crippen molar-refractivity contribution in [3.05, 3.63) is 23.5 Å². The summed E-state index contributed by atoms with van der Waals surface area (Å²) < 4.78 is 56.8. The summed E-state index contributed by atoms with van der Waals surface area (Å²) in [5.74, 6) is 0.245. The predicted octanol–water partition coefficient (Wildman–Crippen LogP) is 2.97. The highest BCUT2D eigenvalue weighted by Gasteiger charge is 2.41. The molecule has 2 fully saturated rings. The molecule has 3 aromatic rings. The largest absolute Gasteiger partial charge is 0.390 e. The number of nitrogens with zero attached hydrogens (tertiary/aromatic N) is 5. The lowest BCUT2D eigenvalue weighted by molar-refractivity contribution is 0.0351. The van der Waals surface area contributed by atoms with Crippen molar-refractivity contribution in [2.75, 3.05) is 18.0 Å². The molecule has 13 heteroatoms. The molecule has 0 spiro atoms. The second-order valence-corrected chi connectivity index (χ2v) is 12.0. The monoisotopic (exact) mass is 498 g/mol. The van der Waals surface area contributed by atoms with Crippen molar-refractivity contribution in [2.24, 2.45) is 0 Å². The van der Waals surface area contributed by atoms with Gasteiger partial charge in [0.15, 0.2) is 15.8 Å². The van der Waals surface area contributed by atoms with Gasteiger partial charge in [0, 0.05) is 24.8 Å². The van der Waals surface area contributed by atoms with Crippen LogP contribution in [0.2, 0.25) is 0 Å². The molecule has 2 aliphatic rings. The van der Waals surface area contributed by atoms with Crippen molar-refractivity contribution in [3.63, 3.8) is 0 Å². The molecule has 2 N–H and O–H groups in total. The Bertz CT molecular complexity index is 1310. The summed E-state index contributed by atoms with van der Waals surface area (Å²) >= 11 is 0.721. The number of aliphatic hydroxyl groups is 1. The van der Waals surface area contributed by atoms with E-state index in [1.54, 1.807) is 23.6 Å². The van der Waals surface area contributed by atoms with Crippen molar-refractivity contribution < 1.29 is 22.3 Å². The zero-order chi connectivity index (χ0) is 23.6. The van der Waals surface area contributed by atoms with Gasteiger partial charge in [-0.05, 0) is 45.6 Å². The third-order valence-corrected chi connectivity index (χ3v) is 8.82. The maximum atomic E-state index is 13.2. The van der Waals surface area contributed by atoms with Gasteiger partial charge in [-0.1, -0.05) is 11.3 Å². The number of sulfonamides is 1. The summed E-state index contributed by atoms with van der Waals surface area (Å²) in [5, 5.41) is 17.5. The van der Waals surface area contributed by atoms with Gasteiger partial charge in [-0.2, -0.15) is 0 Å². The highest BCUT2D eigenvalue weighted by molar-refractivity contribution is 7.89. The number of halogens is 2.